The zero-order valence-corrected chi connectivity index (χ0v) is 18.4. The Labute approximate surface area is 188 Å². The molecule has 2 aromatic rings. The fourth-order valence-electron chi connectivity index (χ4n) is 4.36. The molecule has 0 radical (unpaired) electrons. The number of nitriles is 1. The fraction of sp³-hybridized carbons (Fsp3) is 0.458. The summed E-state index contributed by atoms with van der Waals surface area (Å²) in [6.07, 6.45) is 1.50. The molecular formula is C24H29N5O3. The first-order valence-corrected chi connectivity index (χ1v) is 11.1. The topological polar surface area (TPSA) is 84.0 Å². The van der Waals surface area contributed by atoms with Gasteiger partial charge >= 0.3 is 0 Å². The molecule has 0 N–H and O–H groups in total. The molecule has 1 unspecified atom stereocenters. The van der Waals surface area contributed by atoms with Crippen molar-refractivity contribution in [2.24, 2.45) is 0 Å². The Bertz CT molecular complexity index is 951. The maximum Gasteiger partial charge on any atom is 0.289 e. The van der Waals surface area contributed by atoms with E-state index in [0.29, 0.717) is 37.5 Å². The molecule has 4 rings (SSSR count). The molecule has 2 aliphatic rings. The van der Waals surface area contributed by atoms with Crippen LogP contribution in [0.15, 0.2) is 47.1 Å². The molecule has 0 spiro atoms. The normalized spacial score (nSPS) is 18.9. The summed E-state index contributed by atoms with van der Waals surface area (Å²) in [7, 11) is 0. The molecule has 2 fully saturated rings. The third kappa shape index (κ3) is 5.01. The minimum absolute atomic E-state index is 0.117. The molecule has 3 heterocycles. The quantitative estimate of drug-likeness (QED) is 0.710. The number of rotatable bonds is 5. The van der Waals surface area contributed by atoms with Gasteiger partial charge in [-0.15, -0.1) is 0 Å². The lowest BCUT2D eigenvalue weighted by molar-refractivity contribution is -0.138. The Balaban J connectivity index is 1.22. The van der Waals surface area contributed by atoms with Crippen molar-refractivity contribution in [2.75, 3.05) is 52.4 Å². The average Bonchev–Trinajstić information content (AvgIpc) is 3.39. The number of benzene rings is 1. The number of nitrogens with zero attached hydrogens (tertiary/aromatic N) is 5. The number of hydrogen-bond acceptors (Lipinski definition) is 6. The van der Waals surface area contributed by atoms with Crippen LogP contribution in [0, 0.1) is 11.3 Å². The molecule has 2 saturated heterocycles. The van der Waals surface area contributed by atoms with Crippen LogP contribution in [-0.2, 0) is 11.3 Å². The molecule has 8 nitrogen and oxygen atoms in total. The number of carbonyl (C=O) groups excluding carboxylic acids is 2. The minimum atomic E-state index is -0.167. The summed E-state index contributed by atoms with van der Waals surface area (Å²) in [5.74, 6) is 0.362. The molecule has 1 aromatic heterocycles. The van der Waals surface area contributed by atoms with Crippen LogP contribution in [0.2, 0.25) is 0 Å². The summed E-state index contributed by atoms with van der Waals surface area (Å²) in [6, 6.07) is 13.1. The van der Waals surface area contributed by atoms with Crippen molar-refractivity contribution in [3.8, 4) is 6.07 Å². The van der Waals surface area contributed by atoms with Gasteiger partial charge < -0.3 is 14.2 Å². The van der Waals surface area contributed by atoms with E-state index in [2.05, 4.69) is 15.9 Å². The van der Waals surface area contributed by atoms with Crippen LogP contribution in [0.4, 0.5) is 0 Å². The molecule has 8 heteroatoms. The van der Waals surface area contributed by atoms with Gasteiger partial charge in [0.05, 0.1) is 23.9 Å². The van der Waals surface area contributed by atoms with Gasteiger partial charge in [0.25, 0.3) is 5.91 Å². The Hall–Kier alpha value is -3.15. The van der Waals surface area contributed by atoms with Crippen molar-refractivity contribution in [1.29, 1.82) is 5.26 Å². The van der Waals surface area contributed by atoms with Gasteiger partial charge in [-0.3, -0.25) is 19.4 Å². The van der Waals surface area contributed by atoms with Gasteiger partial charge in [0, 0.05) is 58.9 Å². The van der Waals surface area contributed by atoms with Crippen LogP contribution in [0.5, 0.6) is 0 Å². The molecule has 32 heavy (non-hydrogen) atoms. The van der Waals surface area contributed by atoms with E-state index >= 15 is 0 Å². The molecule has 0 saturated carbocycles. The first kappa shape index (κ1) is 22.1. The highest BCUT2D eigenvalue weighted by Gasteiger charge is 2.32. The van der Waals surface area contributed by atoms with Crippen LogP contribution in [0.1, 0.15) is 28.6 Å². The van der Waals surface area contributed by atoms with Crippen molar-refractivity contribution in [1.82, 2.24) is 19.6 Å². The Kier molecular flexibility index (Phi) is 6.88. The van der Waals surface area contributed by atoms with Crippen LogP contribution in [0.3, 0.4) is 0 Å². The van der Waals surface area contributed by atoms with Gasteiger partial charge in [-0.25, -0.2) is 0 Å². The maximum atomic E-state index is 13.1. The third-order valence-electron chi connectivity index (χ3n) is 6.41. The summed E-state index contributed by atoms with van der Waals surface area (Å²) in [4.78, 5) is 33.7. The second kappa shape index (κ2) is 9.98. The number of furan rings is 1. The van der Waals surface area contributed by atoms with Crippen molar-refractivity contribution >= 4 is 11.8 Å². The minimum Gasteiger partial charge on any atom is -0.459 e. The lowest BCUT2D eigenvalue weighted by atomic mass is 10.1. The van der Waals surface area contributed by atoms with E-state index in [1.165, 1.54) is 11.8 Å². The standard InChI is InChI=1S/C24H29N5O3/c1-19(23(30)28-12-14-29(15-13-28)24(31)22-3-2-16-32-22)27-10-8-26(9-11-27)18-21-6-4-20(17-25)5-7-21/h2-7,16,19H,8-15,18H2,1H3. The van der Waals surface area contributed by atoms with Gasteiger partial charge in [0.15, 0.2) is 5.76 Å². The zero-order valence-electron chi connectivity index (χ0n) is 18.4. The van der Waals surface area contributed by atoms with Gasteiger partial charge in [-0.1, -0.05) is 12.1 Å². The van der Waals surface area contributed by atoms with E-state index < -0.39 is 0 Å². The summed E-state index contributed by atoms with van der Waals surface area (Å²) in [6.45, 7) is 8.49. The molecule has 1 aromatic carbocycles. The number of carbonyl (C=O) groups is 2. The van der Waals surface area contributed by atoms with Gasteiger partial charge in [0.1, 0.15) is 0 Å². The summed E-state index contributed by atoms with van der Waals surface area (Å²) < 4.78 is 5.20. The van der Waals surface area contributed by atoms with E-state index in [-0.39, 0.29) is 17.9 Å². The van der Waals surface area contributed by atoms with Gasteiger partial charge in [0.2, 0.25) is 5.91 Å². The molecule has 0 bridgehead atoms. The average molecular weight is 436 g/mol. The molecular weight excluding hydrogens is 406 g/mol. The van der Waals surface area contributed by atoms with E-state index in [0.717, 1.165) is 32.7 Å². The number of amides is 2. The van der Waals surface area contributed by atoms with Crippen molar-refractivity contribution in [3.63, 3.8) is 0 Å². The summed E-state index contributed by atoms with van der Waals surface area (Å²) >= 11 is 0. The third-order valence-corrected chi connectivity index (χ3v) is 6.41. The zero-order chi connectivity index (χ0) is 22.5. The van der Waals surface area contributed by atoms with Crippen molar-refractivity contribution in [3.05, 3.63) is 59.5 Å². The molecule has 2 amide bonds. The first-order chi connectivity index (χ1) is 15.5. The Morgan fingerprint density at radius 2 is 1.62 bits per heavy atom. The van der Waals surface area contributed by atoms with E-state index in [9.17, 15) is 9.59 Å². The highest BCUT2D eigenvalue weighted by atomic mass is 16.3. The molecule has 0 aliphatic carbocycles. The smallest absolute Gasteiger partial charge is 0.289 e. The monoisotopic (exact) mass is 435 g/mol. The number of piperazine rings is 2. The molecule has 2 aliphatic heterocycles. The fourth-order valence-corrected chi connectivity index (χ4v) is 4.36. The largest absolute Gasteiger partial charge is 0.459 e. The predicted molar refractivity (Wildman–Crippen MR) is 119 cm³/mol. The van der Waals surface area contributed by atoms with Crippen molar-refractivity contribution < 1.29 is 14.0 Å². The SMILES string of the molecule is CC(C(=O)N1CCN(C(=O)c2ccco2)CC1)N1CCN(Cc2ccc(C#N)cc2)CC1. The van der Waals surface area contributed by atoms with Crippen LogP contribution in [0.25, 0.3) is 0 Å². The van der Waals surface area contributed by atoms with Crippen LogP contribution < -0.4 is 0 Å². The van der Waals surface area contributed by atoms with Gasteiger partial charge in [-0.2, -0.15) is 5.26 Å². The highest BCUT2D eigenvalue weighted by Crippen LogP contribution is 2.15. The van der Waals surface area contributed by atoms with Crippen LogP contribution >= 0.6 is 0 Å². The first-order valence-electron chi connectivity index (χ1n) is 11.1. The Morgan fingerprint density at radius 1 is 0.969 bits per heavy atom. The number of hydrogen-bond donors (Lipinski definition) is 0. The summed E-state index contributed by atoms with van der Waals surface area (Å²) in [5, 5.41) is 8.93. The molecule has 1 atom stereocenters. The Morgan fingerprint density at radius 3 is 2.22 bits per heavy atom. The lowest BCUT2D eigenvalue weighted by Crippen LogP contribution is -2.57. The predicted octanol–water partition coefficient (Wildman–Crippen LogP) is 1.64. The highest BCUT2D eigenvalue weighted by molar-refractivity contribution is 5.91. The van der Waals surface area contributed by atoms with E-state index in [1.807, 2.05) is 36.1 Å². The van der Waals surface area contributed by atoms with Crippen LogP contribution in [-0.4, -0.2) is 89.8 Å². The van der Waals surface area contributed by atoms with Crippen molar-refractivity contribution in [2.45, 2.75) is 19.5 Å². The second-order valence-corrected chi connectivity index (χ2v) is 8.39. The summed E-state index contributed by atoms with van der Waals surface area (Å²) in [5.41, 5.74) is 1.88. The van der Waals surface area contributed by atoms with Gasteiger partial charge in [-0.05, 0) is 36.8 Å². The lowest BCUT2D eigenvalue weighted by Gasteiger charge is -2.41. The molecule has 168 valence electrons. The second-order valence-electron chi connectivity index (χ2n) is 8.39. The van der Waals surface area contributed by atoms with E-state index in [4.69, 9.17) is 9.68 Å². The maximum absolute atomic E-state index is 13.1. The van der Waals surface area contributed by atoms with E-state index in [1.54, 1.807) is 17.0 Å².